The number of nitro benzene ring substituents is 1. The summed E-state index contributed by atoms with van der Waals surface area (Å²) >= 11 is 1.27. The van der Waals surface area contributed by atoms with Gasteiger partial charge in [0, 0.05) is 37.1 Å². The van der Waals surface area contributed by atoms with Crippen molar-refractivity contribution in [3.63, 3.8) is 0 Å². The summed E-state index contributed by atoms with van der Waals surface area (Å²) in [5, 5.41) is 14.2. The molecule has 0 radical (unpaired) electrons. The highest BCUT2D eigenvalue weighted by atomic mass is 32.1. The van der Waals surface area contributed by atoms with Gasteiger partial charge in [0.25, 0.3) is 11.6 Å². The molecule has 1 amide bonds. The fourth-order valence-electron chi connectivity index (χ4n) is 3.05. The molecule has 0 bridgehead atoms. The van der Waals surface area contributed by atoms with E-state index in [1.807, 2.05) is 48.1 Å². The number of hydrogen-bond acceptors (Lipinski definition) is 7. The Balaban J connectivity index is 1.74. The predicted molar refractivity (Wildman–Crippen MR) is 117 cm³/mol. The Morgan fingerprint density at radius 1 is 1.23 bits per heavy atom. The second-order valence-electron chi connectivity index (χ2n) is 6.52. The average molecular weight is 435 g/mol. The van der Waals surface area contributed by atoms with Gasteiger partial charge in [-0.2, -0.15) is 0 Å². The van der Waals surface area contributed by atoms with Crippen LogP contribution in [0.25, 0.3) is 22.0 Å². The number of aromatic nitrogens is 3. The maximum absolute atomic E-state index is 12.9. The van der Waals surface area contributed by atoms with Crippen LogP contribution < -0.4 is 10.1 Å². The number of benzene rings is 2. The van der Waals surface area contributed by atoms with Crippen LogP contribution in [0.15, 0.2) is 60.9 Å². The summed E-state index contributed by atoms with van der Waals surface area (Å²) in [5.74, 6) is 0.386. The third-order valence-electron chi connectivity index (χ3n) is 4.56. The number of nitrogens with zero attached hydrogens (tertiary/aromatic N) is 4. The number of methoxy groups -OCH3 is 1. The average Bonchev–Trinajstić information content (AvgIpc) is 3.39. The Morgan fingerprint density at radius 2 is 2.00 bits per heavy atom. The van der Waals surface area contributed by atoms with E-state index < -0.39 is 10.8 Å². The highest BCUT2D eigenvalue weighted by Crippen LogP contribution is 2.38. The third-order valence-corrected chi connectivity index (χ3v) is 5.52. The lowest BCUT2D eigenvalue weighted by Gasteiger charge is -2.07. The van der Waals surface area contributed by atoms with Crippen molar-refractivity contribution in [3.8, 4) is 27.7 Å². The molecular formula is C21H17N5O4S. The highest BCUT2D eigenvalue weighted by Gasteiger charge is 2.22. The van der Waals surface area contributed by atoms with E-state index >= 15 is 0 Å². The topological polar surface area (TPSA) is 112 Å². The minimum absolute atomic E-state index is 0.0479. The van der Waals surface area contributed by atoms with Gasteiger partial charge in [0.15, 0.2) is 11.0 Å². The summed E-state index contributed by atoms with van der Waals surface area (Å²) < 4.78 is 7.07. The molecule has 10 heteroatoms. The molecule has 2 heterocycles. The number of rotatable bonds is 6. The number of nitrogens with one attached hydrogen (secondary N) is 1. The van der Waals surface area contributed by atoms with Gasteiger partial charge in [-0.05, 0) is 6.07 Å². The van der Waals surface area contributed by atoms with E-state index in [1.54, 1.807) is 6.20 Å². The van der Waals surface area contributed by atoms with Gasteiger partial charge < -0.3 is 9.30 Å². The summed E-state index contributed by atoms with van der Waals surface area (Å²) in [4.78, 5) is 33.3. The Morgan fingerprint density at radius 3 is 2.65 bits per heavy atom. The van der Waals surface area contributed by atoms with Crippen LogP contribution >= 0.6 is 11.3 Å². The van der Waals surface area contributed by atoms with Crippen molar-refractivity contribution >= 4 is 28.1 Å². The zero-order valence-electron chi connectivity index (χ0n) is 16.6. The van der Waals surface area contributed by atoms with Crippen molar-refractivity contribution in [1.29, 1.82) is 0 Å². The van der Waals surface area contributed by atoms with Crippen molar-refractivity contribution in [3.05, 3.63) is 76.6 Å². The van der Waals surface area contributed by atoms with Gasteiger partial charge in [-0.15, -0.1) is 0 Å². The zero-order valence-corrected chi connectivity index (χ0v) is 17.4. The van der Waals surface area contributed by atoms with Crippen molar-refractivity contribution in [2.75, 3.05) is 12.4 Å². The van der Waals surface area contributed by atoms with Crippen LogP contribution in [0.4, 0.5) is 10.8 Å². The van der Waals surface area contributed by atoms with Gasteiger partial charge in [-0.1, -0.05) is 41.7 Å². The Labute approximate surface area is 181 Å². The number of thiazole rings is 1. The van der Waals surface area contributed by atoms with Crippen molar-refractivity contribution in [1.82, 2.24) is 14.5 Å². The van der Waals surface area contributed by atoms with Crippen LogP contribution in [-0.2, 0) is 7.05 Å². The summed E-state index contributed by atoms with van der Waals surface area (Å²) in [6.45, 7) is 0. The minimum Gasteiger partial charge on any atom is -0.496 e. The fraction of sp³-hybridized carbons (Fsp3) is 0.0952. The fourth-order valence-corrected chi connectivity index (χ4v) is 4.07. The first-order valence-electron chi connectivity index (χ1n) is 9.15. The molecule has 31 heavy (non-hydrogen) atoms. The van der Waals surface area contributed by atoms with Crippen molar-refractivity contribution in [2.45, 2.75) is 0 Å². The SMILES string of the molecule is COc1ccc([N+](=O)[O-])cc1C(=O)Nc1nc(-c2ccccc2)c(-c2nccn2C)s1. The van der Waals surface area contributed by atoms with Crippen LogP contribution in [-0.4, -0.2) is 32.5 Å². The first kappa shape index (κ1) is 20.2. The molecule has 9 nitrogen and oxygen atoms in total. The molecule has 2 aromatic carbocycles. The van der Waals surface area contributed by atoms with Gasteiger partial charge >= 0.3 is 0 Å². The highest BCUT2D eigenvalue weighted by molar-refractivity contribution is 7.19. The lowest BCUT2D eigenvalue weighted by Crippen LogP contribution is -2.13. The van der Waals surface area contributed by atoms with E-state index in [4.69, 9.17) is 4.74 Å². The first-order chi connectivity index (χ1) is 15.0. The number of nitro groups is 1. The number of imidazole rings is 1. The summed E-state index contributed by atoms with van der Waals surface area (Å²) in [6.07, 6.45) is 3.52. The van der Waals surface area contributed by atoms with E-state index in [2.05, 4.69) is 15.3 Å². The van der Waals surface area contributed by atoms with E-state index in [-0.39, 0.29) is 17.0 Å². The number of non-ortho nitro benzene ring substituents is 1. The largest absolute Gasteiger partial charge is 0.496 e. The number of carbonyl (C=O) groups excluding carboxylic acids is 1. The number of amides is 1. The van der Waals surface area contributed by atoms with E-state index in [0.29, 0.717) is 16.6 Å². The lowest BCUT2D eigenvalue weighted by molar-refractivity contribution is -0.384. The number of carbonyl (C=O) groups is 1. The molecule has 2 aromatic heterocycles. The number of aryl methyl sites for hydroxylation is 1. The molecule has 4 rings (SSSR count). The molecule has 0 atom stereocenters. The van der Waals surface area contributed by atoms with E-state index in [0.717, 1.165) is 10.4 Å². The van der Waals surface area contributed by atoms with E-state index in [1.165, 1.54) is 36.6 Å². The molecule has 1 N–H and O–H groups in total. The smallest absolute Gasteiger partial charge is 0.270 e. The van der Waals surface area contributed by atoms with Crippen LogP contribution in [0.3, 0.4) is 0 Å². The summed E-state index contributed by atoms with van der Waals surface area (Å²) in [6, 6.07) is 13.4. The predicted octanol–water partition coefficient (Wildman–Crippen LogP) is 4.38. The Kier molecular flexibility index (Phi) is 5.46. The first-order valence-corrected chi connectivity index (χ1v) is 9.97. The zero-order chi connectivity index (χ0) is 22.0. The maximum Gasteiger partial charge on any atom is 0.270 e. The maximum atomic E-state index is 12.9. The molecule has 0 aliphatic rings. The van der Waals surface area contributed by atoms with Gasteiger partial charge in [-0.25, -0.2) is 9.97 Å². The van der Waals surface area contributed by atoms with Gasteiger partial charge in [0.05, 0.1) is 28.2 Å². The molecule has 156 valence electrons. The van der Waals surface area contributed by atoms with Gasteiger partial charge in [0.1, 0.15) is 5.75 Å². The molecule has 0 unspecified atom stereocenters. The van der Waals surface area contributed by atoms with Crippen molar-refractivity contribution in [2.24, 2.45) is 7.05 Å². The van der Waals surface area contributed by atoms with Crippen LogP contribution in [0, 0.1) is 10.1 Å². The van der Waals surface area contributed by atoms with Gasteiger partial charge in [-0.3, -0.25) is 20.2 Å². The molecule has 0 saturated heterocycles. The standard InChI is InChI=1S/C21H17N5O4S/c1-25-11-10-22-19(25)18-17(13-6-4-3-5-7-13)23-21(31-18)24-20(27)15-12-14(26(28)29)8-9-16(15)30-2/h3-12H,1-2H3,(H,23,24,27). The number of ether oxygens (including phenoxy) is 1. The quantitative estimate of drug-likeness (QED) is 0.355. The number of hydrogen-bond donors (Lipinski definition) is 1. The molecular weight excluding hydrogens is 418 g/mol. The summed E-state index contributed by atoms with van der Waals surface area (Å²) in [5.41, 5.74) is 1.40. The molecule has 0 saturated carbocycles. The van der Waals surface area contributed by atoms with Crippen LogP contribution in [0.2, 0.25) is 0 Å². The second-order valence-corrected chi connectivity index (χ2v) is 7.52. The molecule has 0 aliphatic heterocycles. The monoisotopic (exact) mass is 435 g/mol. The van der Waals surface area contributed by atoms with Crippen LogP contribution in [0.1, 0.15) is 10.4 Å². The van der Waals surface area contributed by atoms with Crippen LogP contribution in [0.5, 0.6) is 5.75 Å². The van der Waals surface area contributed by atoms with Crippen molar-refractivity contribution < 1.29 is 14.5 Å². The number of anilines is 1. The molecule has 4 aromatic rings. The molecule has 0 aliphatic carbocycles. The Hall–Kier alpha value is -4.05. The normalized spacial score (nSPS) is 10.6. The second kappa shape index (κ2) is 8.36. The lowest BCUT2D eigenvalue weighted by atomic mass is 10.1. The molecule has 0 spiro atoms. The summed E-state index contributed by atoms with van der Waals surface area (Å²) in [7, 11) is 3.27. The Bertz CT molecular complexity index is 1270. The van der Waals surface area contributed by atoms with Gasteiger partial charge in [0.2, 0.25) is 0 Å². The molecule has 0 fully saturated rings. The minimum atomic E-state index is -0.563. The van der Waals surface area contributed by atoms with E-state index in [9.17, 15) is 14.9 Å². The third kappa shape index (κ3) is 4.01.